The third kappa shape index (κ3) is 11.6. The number of carbonyl (C=O) groups excluding carboxylic acids is 1. The van der Waals surface area contributed by atoms with Crippen molar-refractivity contribution in [3.05, 3.63) is 42.2 Å². The molecule has 0 fully saturated rings. The van der Waals surface area contributed by atoms with Crippen molar-refractivity contribution >= 4 is 17.9 Å². The number of aromatic nitrogens is 1. The van der Waals surface area contributed by atoms with Crippen molar-refractivity contribution in [3.63, 3.8) is 0 Å². The second-order valence-electron chi connectivity index (χ2n) is 2.98. The summed E-state index contributed by atoms with van der Waals surface area (Å²) in [4.78, 5) is 13.8. The van der Waals surface area contributed by atoms with E-state index in [-0.39, 0.29) is 11.4 Å². The van der Waals surface area contributed by atoms with Crippen LogP contribution in [0.2, 0.25) is 5.15 Å². The molecule has 108 valence electrons. The summed E-state index contributed by atoms with van der Waals surface area (Å²) in [7, 11) is 0. The maximum atomic E-state index is 10.1. The van der Waals surface area contributed by atoms with Gasteiger partial charge in [0.05, 0.1) is 5.56 Å². The third-order valence-corrected chi connectivity index (χ3v) is 2.03. The Labute approximate surface area is 120 Å². The number of carbonyl (C=O) groups is 1. The first kappa shape index (κ1) is 20.1. The van der Waals surface area contributed by atoms with Crippen LogP contribution in [0.3, 0.4) is 0 Å². The van der Waals surface area contributed by atoms with Gasteiger partial charge >= 0.3 is 0 Å². The summed E-state index contributed by atoms with van der Waals surface area (Å²) in [6.45, 7) is 13.3. The molecule has 0 bridgehead atoms. The van der Waals surface area contributed by atoms with Gasteiger partial charge in [-0.1, -0.05) is 11.6 Å². The molecule has 0 N–H and O–H groups in total. The summed E-state index contributed by atoms with van der Waals surface area (Å²) in [5, 5.41) is 0.257. The molecule has 0 aromatic carbocycles. The zero-order valence-corrected chi connectivity index (χ0v) is 12.5. The lowest BCUT2D eigenvalue weighted by atomic mass is 10.3. The Morgan fingerprint density at radius 2 is 1.89 bits per heavy atom. The van der Waals surface area contributed by atoms with Gasteiger partial charge in [0.15, 0.2) is 12.6 Å². The van der Waals surface area contributed by atoms with E-state index in [1.165, 1.54) is 6.20 Å². The summed E-state index contributed by atoms with van der Waals surface area (Å²) < 4.78 is 10.1. The topological polar surface area (TPSA) is 48.4 Å². The summed E-state index contributed by atoms with van der Waals surface area (Å²) in [6.07, 6.45) is 2.18. The van der Waals surface area contributed by atoms with E-state index in [1.54, 1.807) is 12.1 Å². The maximum Gasteiger partial charge on any atom is 0.154 e. The first-order chi connectivity index (χ1) is 9.15. The maximum absolute atomic E-state index is 10.1. The lowest BCUT2D eigenvalue weighted by Gasteiger charge is -2.09. The van der Waals surface area contributed by atoms with Crippen LogP contribution in [-0.2, 0) is 9.47 Å². The lowest BCUT2D eigenvalue weighted by molar-refractivity contribution is -0.123. The van der Waals surface area contributed by atoms with E-state index in [0.717, 1.165) is 13.2 Å². The fourth-order valence-electron chi connectivity index (χ4n) is 1.00. The van der Waals surface area contributed by atoms with Crippen LogP contribution in [0.25, 0.3) is 0 Å². The third-order valence-electron chi connectivity index (χ3n) is 1.72. The van der Waals surface area contributed by atoms with Gasteiger partial charge in [0, 0.05) is 19.4 Å². The first-order valence-electron chi connectivity index (χ1n) is 5.94. The van der Waals surface area contributed by atoms with Gasteiger partial charge in [-0.15, -0.1) is 13.2 Å². The molecule has 0 aliphatic rings. The highest BCUT2D eigenvalue weighted by Crippen LogP contribution is 2.07. The molecule has 0 saturated carbocycles. The number of hydrogen-bond donors (Lipinski definition) is 0. The van der Waals surface area contributed by atoms with Crippen LogP contribution in [0.4, 0.5) is 0 Å². The number of pyridine rings is 1. The number of nitrogens with zero attached hydrogens (tertiary/aromatic N) is 1. The zero-order valence-electron chi connectivity index (χ0n) is 11.8. The Bertz CT molecular complexity index is 328. The highest BCUT2D eigenvalue weighted by atomic mass is 35.5. The van der Waals surface area contributed by atoms with Crippen LogP contribution in [0.15, 0.2) is 31.5 Å². The minimum absolute atomic E-state index is 0.0370. The van der Waals surface area contributed by atoms with Crippen molar-refractivity contribution in [2.75, 3.05) is 13.2 Å². The predicted octanol–water partition coefficient (Wildman–Crippen LogP) is 3.76. The molecule has 1 aromatic rings. The summed E-state index contributed by atoms with van der Waals surface area (Å²) >= 11 is 5.48. The van der Waals surface area contributed by atoms with Crippen molar-refractivity contribution in [2.45, 2.75) is 27.1 Å². The number of rotatable bonds is 5. The highest BCUT2D eigenvalue weighted by molar-refractivity contribution is 6.31. The van der Waals surface area contributed by atoms with Crippen LogP contribution in [0, 0.1) is 0 Å². The molecule has 0 aliphatic carbocycles. The number of hydrogen-bond acceptors (Lipinski definition) is 4. The monoisotopic (exact) mass is 287 g/mol. The normalized spacial score (nSPS) is 8.89. The Hall–Kier alpha value is -1.23. The summed E-state index contributed by atoms with van der Waals surface area (Å²) in [6, 6.07) is 3.28. The summed E-state index contributed by atoms with van der Waals surface area (Å²) in [5.74, 6) is 0. The van der Waals surface area contributed by atoms with Gasteiger partial charge < -0.3 is 9.47 Å². The Kier molecular flexibility index (Phi) is 15.7. The largest absolute Gasteiger partial charge is 0.353 e. The molecule has 5 heteroatoms. The Morgan fingerprint density at radius 1 is 1.37 bits per heavy atom. The molecule has 1 heterocycles. The molecule has 0 unspecified atom stereocenters. The minimum atomic E-state index is -0.0370. The molecular formula is C14H22ClNO3. The molecule has 1 aromatic heterocycles. The van der Waals surface area contributed by atoms with Gasteiger partial charge in [-0.05, 0) is 32.9 Å². The molecule has 0 saturated heterocycles. The molecule has 0 radical (unpaired) electrons. The molecule has 0 amide bonds. The fraction of sp³-hybridized carbons (Fsp3) is 0.429. The smallest absolute Gasteiger partial charge is 0.154 e. The first-order valence-corrected chi connectivity index (χ1v) is 6.32. The molecule has 0 atom stereocenters. The van der Waals surface area contributed by atoms with E-state index in [2.05, 4.69) is 18.1 Å². The Balaban J connectivity index is 0. The van der Waals surface area contributed by atoms with E-state index in [4.69, 9.17) is 21.1 Å². The molecule has 1 rings (SSSR count). The second kappa shape index (κ2) is 14.8. The van der Waals surface area contributed by atoms with Gasteiger partial charge in [0.2, 0.25) is 0 Å². The number of halogens is 1. The van der Waals surface area contributed by atoms with Crippen molar-refractivity contribution < 1.29 is 14.3 Å². The number of aldehydes is 1. The quantitative estimate of drug-likeness (QED) is 0.358. The van der Waals surface area contributed by atoms with Gasteiger partial charge in [0.25, 0.3) is 0 Å². The van der Waals surface area contributed by atoms with Crippen LogP contribution in [0.1, 0.15) is 31.1 Å². The average molecular weight is 288 g/mol. The molecule has 19 heavy (non-hydrogen) atoms. The lowest BCUT2D eigenvalue weighted by Crippen LogP contribution is -2.11. The van der Waals surface area contributed by atoms with Crippen molar-refractivity contribution in [1.29, 1.82) is 0 Å². The standard InChI is InChI=1S/C6H4ClNO.C6H14O2.C2H4/c7-6-5(4-9)2-1-3-8-6;1-4-7-6(3)8-5-2;1-2/h1-4H;6H,4-5H2,1-3H3;1-2H2. The second-order valence-corrected chi connectivity index (χ2v) is 3.34. The molecule has 0 spiro atoms. The zero-order chi connectivity index (χ0) is 15.1. The van der Waals surface area contributed by atoms with E-state index in [9.17, 15) is 4.79 Å². The van der Waals surface area contributed by atoms with Crippen molar-refractivity contribution in [3.8, 4) is 0 Å². The van der Waals surface area contributed by atoms with Crippen molar-refractivity contribution in [2.24, 2.45) is 0 Å². The van der Waals surface area contributed by atoms with Crippen LogP contribution in [-0.4, -0.2) is 30.8 Å². The average Bonchev–Trinajstić information content (AvgIpc) is 2.43. The van der Waals surface area contributed by atoms with E-state index >= 15 is 0 Å². The highest BCUT2D eigenvalue weighted by Gasteiger charge is 1.95. The van der Waals surface area contributed by atoms with Gasteiger partial charge in [-0.3, -0.25) is 4.79 Å². The molecule has 0 aliphatic heterocycles. The predicted molar refractivity (Wildman–Crippen MR) is 78.6 cm³/mol. The van der Waals surface area contributed by atoms with Gasteiger partial charge in [0.1, 0.15) is 5.15 Å². The van der Waals surface area contributed by atoms with Crippen LogP contribution in [0.5, 0.6) is 0 Å². The van der Waals surface area contributed by atoms with Crippen LogP contribution >= 0.6 is 11.6 Å². The van der Waals surface area contributed by atoms with E-state index < -0.39 is 0 Å². The molecular weight excluding hydrogens is 266 g/mol. The van der Waals surface area contributed by atoms with Gasteiger partial charge in [-0.25, -0.2) is 4.98 Å². The minimum Gasteiger partial charge on any atom is -0.353 e. The number of ether oxygens (including phenoxy) is 2. The van der Waals surface area contributed by atoms with Gasteiger partial charge in [-0.2, -0.15) is 0 Å². The van der Waals surface area contributed by atoms with Crippen LogP contribution < -0.4 is 0 Å². The molecule has 4 nitrogen and oxygen atoms in total. The van der Waals surface area contributed by atoms with Crippen molar-refractivity contribution in [1.82, 2.24) is 4.98 Å². The van der Waals surface area contributed by atoms with E-state index in [1.807, 2.05) is 20.8 Å². The summed E-state index contributed by atoms with van der Waals surface area (Å²) in [5.41, 5.74) is 0.430. The fourth-order valence-corrected chi connectivity index (χ4v) is 1.17. The SMILES string of the molecule is C=C.CCOC(C)OCC.O=Cc1cccnc1Cl. The van der Waals surface area contributed by atoms with E-state index in [0.29, 0.717) is 11.8 Å². The Morgan fingerprint density at radius 3 is 2.21 bits per heavy atom.